The van der Waals surface area contributed by atoms with Crippen molar-refractivity contribution in [1.82, 2.24) is 4.90 Å². The van der Waals surface area contributed by atoms with Gasteiger partial charge in [0.05, 0.1) is 11.0 Å². The zero-order chi connectivity index (χ0) is 15.3. The van der Waals surface area contributed by atoms with Crippen LogP contribution in [0.1, 0.15) is 18.5 Å². The molecule has 7 nitrogen and oxygen atoms in total. The van der Waals surface area contributed by atoms with Crippen molar-refractivity contribution in [3.05, 3.63) is 39.9 Å². The average molecular weight is 281 g/mol. The Hall–Kier alpha value is -1.99. The number of hydrogen-bond donors (Lipinski definition) is 1. The molecular weight excluding hydrogens is 262 g/mol. The zero-order valence-electron chi connectivity index (χ0n) is 11.8. The number of ether oxygens (including phenoxy) is 1. The number of amides is 1. The van der Waals surface area contributed by atoms with Crippen LogP contribution in [0.2, 0.25) is 0 Å². The largest absolute Gasteiger partial charge is 0.370 e. The number of nitro benzene ring substituents is 1. The van der Waals surface area contributed by atoms with Gasteiger partial charge < -0.3 is 15.4 Å². The van der Waals surface area contributed by atoms with E-state index in [2.05, 4.69) is 0 Å². The second-order valence-electron chi connectivity index (χ2n) is 4.44. The summed E-state index contributed by atoms with van der Waals surface area (Å²) in [4.78, 5) is 23.9. The lowest BCUT2D eigenvalue weighted by atomic mass is 10.1. The number of methoxy groups -OCH3 is 1. The molecule has 1 rings (SSSR count). The van der Waals surface area contributed by atoms with E-state index in [0.717, 1.165) is 0 Å². The van der Waals surface area contributed by atoms with Crippen LogP contribution in [0.5, 0.6) is 0 Å². The summed E-state index contributed by atoms with van der Waals surface area (Å²) in [7, 11) is 3.04. The van der Waals surface area contributed by atoms with Crippen LogP contribution in [0.25, 0.3) is 0 Å². The van der Waals surface area contributed by atoms with E-state index in [1.807, 2.05) is 0 Å². The van der Waals surface area contributed by atoms with Gasteiger partial charge in [-0.2, -0.15) is 0 Å². The zero-order valence-corrected chi connectivity index (χ0v) is 11.8. The maximum absolute atomic E-state index is 12.1. The summed E-state index contributed by atoms with van der Waals surface area (Å²) in [6, 6.07) is 5.89. The summed E-state index contributed by atoms with van der Waals surface area (Å²) in [6.07, 6.45) is -0.707. The van der Waals surface area contributed by atoms with Gasteiger partial charge in [0.25, 0.3) is 11.6 Å². The second-order valence-corrected chi connectivity index (χ2v) is 4.44. The predicted octanol–water partition coefficient (Wildman–Crippen LogP) is 1.09. The predicted molar refractivity (Wildman–Crippen MR) is 74.1 cm³/mol. The van der Waals surface area contributed by atoms with Crippen LogP contribution >= 0.6 is 0 Å². The number of carbonyl (C=O) groups excluding carboxylic acids is 1. The van der Waals surface area contributed by atoms with Gasteiger partial charge in [0.2, 0.25) is 0 Å². The number of hydrogen-bond acceptors (Lipinski definition) is 5. The molecule has 0 aromatic heterocycles. The molecule has 2 unspecified atom stereocenters. The molecule has 1 amide bonds. The number of likely N-dealkylation sites (N-methyl/N-ethyl adjacent to an activating group) is 1. The van der Waals surface area contributed by atoms with Crippen LogP contribution in [0.3, 0.4) is 0 Å². The fourth-order valence-corrected chi connectivity index (χ4v) is 1.84. The van der Waals surface area contributed by atoms with Crippen molar-refractivity contribution in [2.75, 3.05) is 20.7 Å². The van der Waals surface area contributed by atoms with Crippen molar-refractivity contribution in [2.45, 2.75) is 19.1 Å². The maximum Gasteiger partial charge on any atom is 0.269 e. The van der Waals surface area contributed by atoms with E-state index in [1.165, 1.54) is 24.1 Å². The highest BCUT2D eigenvalue weighted by molar-refractivity contribution is 5.81. The number of carbonyl (C=O) groups is 1. The van der Waals surface area contributed by atoms with Crippen molar-refractivity contribution in [3.8, 4) is 0 Å². The fourth-order valence-electron chi connectivity index (χ4n) is 1.84. The third-order valence-electron chi connectivity index (χ3n) is 3.27. The lowest BCUT2D eigenvalue weighted by Crippen LogP contribution is -2.42. The Balaban J connectivity index is 2.93. The highest BCUT2D eigenvalue weighted by Crippen LogP contribution is 2.23. The molecule has 20 heavy (non-hydrogen) atoms. The third-order valence-corrected chi connectivity index (χ3v) is 3.27. The van der Waals surface area contributed by atoms with E-state index in [0.29, 0.717) is 5.56 Å². The molecule has 1 aromatic carbocycles. The van der Waals surface area contributed by atoms with Gasteiger partial charge in [0.15, 0.2) is 0 Å². The molecule has 0 saturated carbocycles. The van der Waals surface area contributed by atoms with Crippen LogP contribution in [0, 0.1) is 10.1 Å². The first-order valence-corrected chi connectivity index (χ1v) is 6.16. The Morgan fingerprint density at radius 1 is 1.55 bits per heavy atom. The minimum absolute atomic E-state index is 0.00249. The summed E-state index contributed by atoms with van der Waals surface area (Å²) >= 11 is 0. The Kier molecular flexibility index (Phi) is 5.60. The quantitative estimate of drug-likeness (QED) is 0.621. The summed E-state index contributed by atoms with van der Waals surface area (Å²) in [5, 5.41) is 10.8. The van der Waals surface area contributed by atoms with Gasteiger partial charge in [-0.05, 0) is 12.5 Å². The number of nitro groups is 1. The Bertz CT molecular complexity index is 488. The molecule has 2 atom stereocenters. The molecule has 110 valence electrons. The van der Waals surface area contributed by atoms with Crippen LogP contribution in [0.4, 0.5) is 5.69 Å². The van der Waals surface area contributed by atoms with E-state index in [-0.39, 0.29) is 24.2 Å². The van der Waals surface area contributed by atoms with Crippen LogP contribution in [-0.2, 0) is 9.53 Å². The lowest BCUT2D eigenvalue weighted by Gasteiger charge is -2.28. The monoisotopic (exact) mass is 281 g/mol. The van der Waals surface area contributed by atoms with Gasteiger partial charge >= 0.3 is 0 Å². The van der Waals surface area contributed by atoms with E-state index in [9.17, 15) is 14.9 Å². The molecule has 0 saturated heterocycles. The topological polar surface area (TPSA) is 98.7 Å². The van der Waals surface area contributed by atoms with E-state index >= 15 is 0 Å². The van der Waals surface area contributed by atoms with Crippen molar-refractivity contribution in [2.24, 2.45) is 5.73 Å². The normalized spacial score (nSPS) is 13.6. The highest BCUT2D eigenvalue weighted by atomic mass is 16.6. The minimum Gasteiger partial charge on any atom is -0.370 e. The van der Waals surface area contributed by atoms with Gasteiger partial charge in [0.1, 0.15) is 6.10 Å². The summed E-state index contributed by atoms with van der Waals surface area (Å²) < 4.78 is 5.01. The lowest BCUT2D eigenvalue weighted by molar-refractivity contribution is -0.384. The molecule has 0 heterocycles. The SMILES string of the molecule is COC(CN)C(=O)N(C)C(C)c1cccc([N+](=O)[O-])c1. The molecule has 0 radical (unpaired) electrons. The van der Waals surface area contributed by atoms with Crippen molar-refractivity contribution < 1.29 is 14.5 Å². The molecule has 1 aromatic rings. The number of nitrogens with two attached hydrogens (primary N) is 1. The average Bonchev–Trinajstić information content (AvgIpc) is 2.46. The van der Waals surface area contributed by atoms with Crippen LogP contribution in [0.15, 0.2) is 24.3 Å². The molecule has 7 heteroatoms. The van der Waals surface area contributed by atoms with Gasteiger partial charge in [0, 0.05) is 32.8 Å². The minimum atomic E-state index is -0.707. The Morgan fingerprint density at radius 2 is 2.20 bits per heavy atom. The van der Waals surface area contributed by atoms with E-state index < -0.39 is 11.0 Å². The Morgan fingerprint density at radius 3 is 2.70 bits per heavy atom. The summed E-state index contributed by atoms with van der Waals surface area (Å²) in [5.74, 6) is -0.256. The molecule has 0 aliphatic carbocycles. The number of rotatable bonds is 6. The van der Waals surface area contributed by atoms with Crippen molar-refractivity contribution >= 4 is 11.6 Å². The van der Waals surface area contributed by atoms with E-state index in [4.69, 9.17) is 10.5 Å². The molecule has 2 N–H and O–H groups in total. The maximum atomic E-state index is 12.1. The van der Waals surface area contributed by atoms with Gasteiger partial charge in [-0.25, -0.2) is 0 Å². The first kappa shape index (κ1) is 16.1. The second kappa shape index (κ2) is 6.97. The van der Waals surface area contributed by atoms with Gasteiger partial charge in [-0.3, -0.25) is 14.9 Å². The third kappa shape index (κ3) is 3.52. The first-order chi connectivity index (χ1) is 9.42. The standard InChI is InChI=1S/C13H19N3O4/c1-9(15(2)13(17)12(8-14)20-3)10-5-4-6-11(7-10)16(18)19/h4-7,9,12H,8,14H2,1-3H3. The molecule has 0 aliphatic heterocycles. The summed E-state index contributed by atoms with van der Waals surface area (Å²) in [5.41, 5.74) is 6.14. The number of non-ortho nitro benzene ring substituents is 1. The van der Waals surface area contributed by atoms with E-state index in [1.54, 1.807) is 26.1 Å². The smallest absolute Gasteiger partial charge is 0.269 e. The molecule has 0 fully saturated rings. The number of benzene rings is 1. The Labute approximate surface area is 117 Å². The van der Waals surface area contributed by atoms with Crippen LogP contribution < -0.4 is 5.73 Å². The van der Waals surface area contributed by atoms with Gasteiger partial charge in [-0.1, -0.05) is 12.1 Å². The molecule has 0 bridgehead atoms. The van der Waals surface area contributed by atoms with Crippen LogP contribution in [-0.4, -0.2) is 42.5 Å². The fraction of sp³-hybridized carbons (Fsp3) is 0.462. The molecule has 0 aliphatic rings. The van der Waals surface area contributed by atoms with Gasteiger partial charge in [-0.15, -0.1) is 0 Å². The highest BCUT2D eigenvalue weighted by Gasteiger charge is 2.25. The summed E-state index contributed by atoms with van der Waals surface area (Å²) in [6.45, 7) is 1.88. The first-order valence-electron chi connectivity index (χ1n) is 6.16. The molecular formula is C13H19N3O4. The molecule has 0 spiro atoms. The van der Waals surface area contributed by atoms with Crippen molar-refractivity contribution in [3.63, 3.8) is 0 Å². The number of nitrogens with zero attached hydrogens (tertiary/aromatic N) is 2. The van der Waals surface area contributed by atoms with Crippen molar-refractivity contribution in [1.29, 1.82) is 0 Å².